The van der Waals surface area contributed by atoms with Gasteiger partial charge in [0.25, 0.3) is 0 Å². The third kappa shape index (κ3) is 4.27. The Kier molecular flexibility index (Phi) is 5.28. The van der Waals surface area contributed by atoms with Gasteiger partial charge in [0.05, 0.1) is 19.2 Å². The van der Waals surface area contributed by atoms with E-state index < -0.39 is 0 Å². The second kappa shape index (κ2) is 6.79. The molecule has 0 saturated heterocycles. The number of nitrogens with zero attached hydrogens (tertiary/aromatic N) is 1. The summed E-state index contributed by atoms with van der Waals surface area (Å²) in [4.78, 5) is 15.1. The first-order chi connectivity index (χ1) is 7.76. The van der Waals surface area contributed by atoms with Gasteiger partial charge in [-0.3, -0.25) is 9.78 Å². The Morgan fingerprint density at radius 3 is 2.94 bits per heavy atom. The molecule has 5 nitrogen and oxygen atoms in total. The van der Waals surface area contributed by atoms with Crippen LogP contribution in [0, 0.1) is 0 Å². The zero-order valence-electron chi connectivity index (χ0n) is 9.40. The number of carbonyl (C=O) groups is 1. The van der Waals surface area contributed by atoms with Gasteiger partial charge in [0, 0.05) is 19.2 Å². The fraction of sp³-hybridized carbons (Fsp3) is 0.455. The van der Waals surface area contributed by atoms with Gasteiger partial charge in [-0.1, -0.05) is 0 Å². The molecule has 0 saturated carbocycles. The highest BCUT2D eigenvalue weighted by atomic mass is 16.5. The number of pyridine rings is 1. The Morgan fingerprint density at radius 1 is 1.56 bits per heavy atom. The number of carbonyl (C=O) groups excluding carboxylic acids is 1. The Hall–Kier alpha value is -1.62. The number of hydrogen-bond acceptors (Lipinski definition) is 4. The van der Waals surface area contributed by atoms with E-state index in [1.165, 1.54) is 0 Å². The van der Waals surface area contributed by atoms with Crippen LogP contribution in [0.3, 0.4) is 0 Å². The maximum atomic E-state index is 10.9. The highest BCUT2D eigenvalue weighted by Crippen LogP contribution is 2.09. The molecule has 0 fully saturated rings. The number of aromatic nitrogens is 1. The standard InChI is InChI=1S/C11H17N3O2/c1-13-11(15)5-7-16-10-3-2-9(4-6-12)14-8-10/h2-3,8H,4-7,12H2,1H3,(H,13,15). The molecule has 0 bridgehead atoms. The van der Waals surface area contributed by atoms with E-state index in [0.717, 1.165) is 12.1 Å². The Morgan fingerprint density at radius 2 is 2.38 bits per heavy atom. The first kappa shape index (κ1) is 12.4. The number of nitrogens with one attached hydrogen (secondary N) is 1. The summed E-state index contributed by atoms with van der Waals surface area (Å²) in [6.07, 6.45) is 2.76. The molecule has 0 radical (unpaired) electrons. The normalized spacial score (nSPS) is 9.88. The molecule has 16 heavy (non-hydrogen) atoms. The predicted molar refractivity (Wildman–Crippen MR) is 61.2 cm³/mol. The molecule has 1 rings (SSSR count). The fourth-order valence-corrected chi connectivity index (χ4v) is 1.18. The number of amides is 1. The van der Waals surface area contributed by atoms with Crippen LogP contribution in [0.25, 0.3) is 0 Å². The zero-order chi connectivity index (χ0) is 11.8. The third-order valence-corrected chi connectivity index (χ3v) is 2.07. The molecule has 0 aliphatic carbocycles. The Bertz CT molecular complexity index is 325. The maximum absolute atomic E-state index is 10.9. The molecule has 1 heterocycles. The lowest BCUT2D eigenvalue weighted by molar-refractivity contribution is -0.121. The molecule has 0 aliphatic heterocycles. The van der Waals surface area contributed by atoms with Crippen molar-refractivity contribution in [2.24, 2.45) is 5.73 Å². The van der Waals surface area contributed by atoms with Gasteiger partial charge in [-0.15, -0.1) is 0 Å². The lowest BCUT2D eigenvalue weighted by Gasteiger charge is -2.05. The third-order valence-electron chi connectivity index (χ3n) is 2.07. The molecule has 1 aromatic rings. The quantitative estimate of drug-likeness (QED) is 0.717. The number of hydrogen-bond donors (Lipinski definition) is 2. The summed E-state index contributed by atoms with van der Waals surface area (Å²) < 4.78 is 5.36. The van der Waals surface area contributed by atoms with E-state index in [4.69, 9.17) is 10.5 Å². The summed E-state index contributed by atoms with van der Waals surface area (Å²) in [5.41, 5.74) is 6.36. The van der Waals surface area contributed by atoms with Gasteiger partial charge in [0.15, 0.2) is 0 Å². The lowest BCUT2D eigenvalue weighted by Crippen LogP contribution is -2.20. The molecular weight excluding hydrogens is 206 g/mol. The van der Waals surface area contributed by atoms with Crippen LogP contribution >= 0.6 is 0 Å². The molecule has 0 spiro atoms. The van der Waals surface area contributed by atoms with E-state index >= 15 is 0 Å². The molecule has 0 aliphatic rings. The lowest BCUT2D eigenvalue weighted by atomic mass is 10.3. The van der Waals surface area contributed by atoms with Crippen molar-refractivity contribution in [3.05, 3.63) is 24.0 Å². The Balaban J connectivity index is 2.34. The van der Waals surface area contributed by atoms with Crippen LogP contribution in [-0.4, -0.2) is 31.1 Å². The van der Waals surface area contributed by atoms with Gasteiger partial charge in [0.1, 0.15) is 5.75 Å². The summed E-state index contributed by atoms with van der Waals surface area (Å²) in [5.74, 6) is 0.636. The van der Waals surface area contributed by atoms with Crippen molar-refractivity contribution in [1.82, 2.24) is 10.3 Å². The van der Waals surface area contributed by atoms with Crippen LogP contribution in [0.5, 0.6) is 5.75 Å². The van der Waals surface area contributed by atoms with Crippen molar-refractivity contribution < 1.29 is 9.53 Å². The van der Waals surface area contributed by atoms with E-state index in [1.807, 2.05) is 12.1 Å². The van der Waals surface area contributed by atoms with Gasteiger partial charge in [-0.2, -0.15) is 0 Å². The zero-order valence-corrected chi connectivity index (χ0v) is 9.40. The molecule has 0 aromatic carbocycles. The summed E-state index contributed by atoms with van der Waals surface area (Å²) in [7, 11) is 1.60. The first-order valence-electron chi connectivity index (χ1n) is 5.24. The average molecular weight is 223 g/mol. The number of nitrogens with two attached hydrogens (primary N) is 1. The van der Waals surface area contributed by atoms with Crippen LogP contribution < -0.4 is 15.8 Å². The van der Waals surface area contributed by atoms with Crippen LogP contribution in [0.1, 0.15) is 12.1 Å². The van der Waals surface area contributed by atoms with E-state index in [-0.39, 0.29) is 5.91 Å². The van der Waals surface area contributed by atoms with Crippen molar-refractivity contribution in [1.29, 1.82) is 0 Å². The molecule has 1 aromatic heterocycles. The summed E-state index contributed by atoms with van der Waals surface area (Å²) in [6.45, 7) is 0.946. The molecule has 3 N–H and O–H groups in total. The number of rotatable bonds is 6. The molecule has 0 unspecified atom stereocenters. The second-order valence-electron chi connectivity index (χ2n) is 3.30. The predicted octanol–water partition coefficient (Wildman–Crippen LogP) is 0.0977. The van der Waals surface area contributed by atoms with E-state index in [9.17, 15) is 4.79 Å². The van der Waals surface area contributed by atoms with Crippen LogP contribution in [0.2, 0.25) is 0 Å². The van der Waals surface area contributed by atoms with Crippen LogP contribution in [0.4, 0.5) is 0 Å². The topological polar surface area (TPSA) is 77.2 Å². The molecule has 1 amide bonds. The highest BCUT2D eigenvalue weighted by Gasteiger charge is 1.99. The van der Waals surface area contributed by atoms with Crippen molar-refractivity contribution in [3.8, 4) is 5.75 Å². The second-order valence-corrected chi connectivity index (χ2v) is 3.30. The van der Waals surface area contributed by atoms with Crippen molar-refractivity contribution in [2.45, 2.75) is 12.8 Å². The van der Waals surface area contributed by atoms with Crippen molar-refractivity contribution >= 4 is 5.91 Å². The molecule has 88 valence electrons. The summed E-state index contributed by atoms with van der Waals surface area (Å²) >= 11 is 0. The van der Waals surface area contributed by atoms with Crippen molar-refractivity contribution in [3.63, 3.8) is 0 Å². The first-order valence-corrected chi connectivity index (χ1v) is 5.24. The van der Waals surface area contributed by atoms with Gasteiger partial charge >= 0.3 is 0 Å². The Labute approximate surface area is 95.0 Å². The van der Waals surface area contributed by atoms with E-state index in [2.05, 4.69) is 10.3 Å². The van der Waals surface area contributed by atoms with Crippen molar-refractivity contribution in [2.75, 3.05) is 20.2 Å². The smallest absolute Gasteiger partial charge is 0.223 e. The average Bonchev–Trinajstić information content (AvgIpc) is 2.31. The fourth-order valence-electron chi connectivity index (χ4n) is 1.18. The minimum Gasteiger partial charge on any atom is -0.491 e. The van der Waals surface area contributed by atoms with Gasteiger partial charge in [0.2, 0.25) is 5.91 Å². The molecule has 5 heteroatoms. The summed E-state index contributed by atoms with van der Waals surface area (Å²) in [6, 6.07) is 3.71. The molecular formula is C11H17N3O2. The molecule has 0 atom stereocenters. The van der Waals surface area contributed by atoms with Crippen LogP contribution in [0.15, 0.2) is 18.3 Å². The number of ether oxygens (including phenoxy) is 1. The van der Waals surface area contributed by atoms with Gasteiger partial charge < -0.3 is 15.8 Å². The van der Waals surface area contributed by atoms with E-state index in [0.29, 0.717) is 25.3 Å². The SMILES string of the molecule is CNC(=O)CCOc1ccc(CCN)nc1. The largest absolute Gasteiger partial charge is 0.491 e. The van der Waals surface area contributed by atoms with Gasteiger partial charge in [-0.25, -0.2) is 0 Å². The summed E-state index contributed by atoms with van der Waals surface area (Å²) in [5, 5.41) is 2.53. The highest BCUT2D eigenvalue weighted by molar-refractivity contribution is 5.75. The minimum absolute atomic E-state index is 0.0345. The maximum Gasteiger partial charge on any atom is 0.223 e. The van der Waals surface area contributed by atoms with Crippen LogP contribution in [-0.2, 0) is 11.2 Å². The van der Waals surface area contributed by atoms with E-state index in [1.54, 1.807) is 13.2 Å². The van der Waals surface area contributed by atoms with Gasteiger partial charge in [-0.05, 0) is 18.7 Å². The monoisotopic (exact) mass is 223 g/mol. The minimum atomic E-state index is -0.0345.